The smallest absolute Gasteiger partial charge is 0.163 e. The van der Waals surface area contributed by atoms with Gasteiger partial charge in [-0.3, -0.25) is 15.2 Å². The second-order valence-corrected chi connectivity index (χ2v) is 10.8. The molecule has 0 radical (unpaired) electrons. The summed E-state index contributed by atoms with van der Waals surface area (Å²) in [6.45, 7) is 4.87. The van der Waals surface area contributed by atoms with E-state index in [1.807, 2.05) is 44.6 Å². The van der Waals surface area contributed by atoms with E-state index in [0.29, 0.717) is 12.4 Å². The first kappa shape index (κ1) is 26.3. The van der Waals surface area contributed by atoms with Crippen molar-refractivity contribution in [2.45, 2.75) is 25.6 Å². The number of hydrogen-bond acceptors (Lipinski definition) is 8. The number of fused-ring (bicyclic) bond motifs is 2. The van der Waals surface area contributed by atoms with Crippen LogP contribution in [0.1, 0.15) is 30.5 Å². The van der Waals surface area contributed by atoms with Crippen molar-refractivity contribution in [3.63, 3.8) is 0 Å². The Morgan fingerprint density at radius 1 is 1.00 bits per heavy atom. The Morgan fingerprint density at radius 2 is 1.82 bits per heavy atom. The number of aromatic amines is 1. The van der Waals surface area contributed by atoms with Gasteiger partial charge in [-0.1, -0.05) is 18.2 Å². The molecule has 1 aliphatic heterocycles. The minimum absolute atomic E-state index is 0.499. The largest absolute Gasteiger partial charge is 0.371 e. The number of likely N-dealkylation sites (N-methyl/N-ethyl adjacent to an activating group) is 1. The number of H-pyrrole nitrogens is 1. The van der Waals surface area contributed by atoms with Crippen LogP contribution in [0.3, 0.4) is 0 Å². The zero-order valence-electron chi connectivity index (χ0n) is 23.1. The normalized spacial score (nSPS) is 14.9. The van der Waals surface area contributed by atoms with E-state index in [1.54, 1.807) is 6.20 Å². The summed E-state index contributed by atoms with van der Waals surface area (Å²) in [7, 11) is 4.00. The minimum Gasteiger partial charge on any atom is -0.371 e. The van der Waals surface area contributed by atoms with Gasteiger partial charge in [-0.2, -0.15) is 0 Å². The Labute approximate surface area is 234 Å². The van der Waals surface area contributed by atoms with Crippen LogP contribution < -0.4 is 10.6 Å². The van der Waals surface area contributed by atoms with E-state index in [9.17, 15) is 5.11 Å². The molecule has 2 aromatic carbocycles. The van der Waals surface area contributed by atoms with Gasteiger partial charge in [-0.15, -0.1) is 0 Å². The first-order chi connectivity index (χ1) is 19.5. The molecular formula is C31H36N8O. The number of imidazole rings is 1. The average molecular weight is 537 g/mol. The highest BCUT2D eigenvalue weighted by Gasteiger charge is 2.15. The first-order valence-corrected chi connectivity index (χ1v) is 13.9. The lowest BCUT2D eigenvalue weighted by atomic mass is 10.1. The van der Waals surface area contributed by atoms with Gasteiger partial charge in [-0.25, -0.2) is 9.97 Å². The van der Waals surface area contributed by atoms with Gasteiger partial charge in [0.15, 0.2) is 12.1 Å². The van der Waals surface area contributed by atoms with Gasteiger partial charge in [0, 0.05) is 48.7 Å². The average Bonchev–Trinajstić information content (AvgIpc) is 3.63. The van der Waals surface area contributed by atoms with Crippen molar-refractivity contribution in [1.82, 2.24) is 35.1 Å². The van der Waals surface area contributed by atoms with Gasteiger partial charge in [0.05, 0.1) is 27.9 Å². The van der Waals surface area contributed by atoms with Crippen molar-refractivity contribution in [1.29, 1.82) is 0 Å². The molecule has 0 aliphatic carbocycles. The monoisotopic (exact) mass is 536 g/mol. The summed E-state index contributed by atoms with van der Waals surface area (Å²) < 4.78 is 0. The molecule has 1 fully saturated rings. The van der Waals surface area contributed by atoms with Crippen LogP contribution in [0.5, 0.6) is 0 Å². The predicted molar refractivity (Wildman–Crippen MR) is 160 cm³/mol. The summed E-state index contributed by atoms with van der Waals surface area (Å²) >= 11 is 0. The number of aliphatic hydroxyl groups excluding tert-OH is 1. The Kier molecular flexibility index (Phi) is 7.70. The van der Waals surface area contributed by atoms with E-state index in [1.165, 1.54) is 31.5 Å². The molecule has 9 nitrogen and oxygen atoms in total. The molecule has 3 aromatic heterocycles. The molecule has 0 spiro atoms. The van der Waals surface area contributed by atoms with Crippen molar-refractivity contribution >= 4 is 33.3 Å². The van der Waals surface area contributed by atoms with Crippen molar-refractivity contribution in [2.75, 3.05) is 45.6 Å². The number of aliphatic hydroxyl groups is 1. The van der Waals surface area contributed by atoms with Crippen LogP contribution >= 0.6 is 0 Å². The standard InChI is InChI=1S/C31H36N8O/c1-38(2)16-13-33-31(40)30-36-26-10-7-22(17-29(26)37-30)27-18-28(24-19-32-12-11-25(24)35-27)34-23-8-5-21(6-9-23)20-39-14-3-4-15-39/h5-12,17-19,31,33,40H,3-4,13-16,20H2,1-2H3,(H,34,35)(H,36,37). The molecule has 1 saturated heterocycles. The minimum atomic E-state index is -0.861. The van der Waals surface area contributed by atoms with Crippen molar-refractivity contribution < 1.29 is 5.11 Å². The molecule has 4 N–H and O–H groups in total. The lowest BCUT2D eigenvalue weighted by Gasteiger charge is -2.15. The van der Waals surface area contributed by atoms with Gasteiger partial charge in [0.1, 0.15) is 0 Å². The number of rotatable bonds is 10. The highest BCUT2D eigenvalue weighted by atomic mass is 16.3. The third-order valence-electron chi connectivity index (χ3n) is 7.40. The number of benzene rings is 2. The van der Waals surface area contributed by atoms with E-state index in [2.05, 4.69) is 65.7 Å². The summed E-state index contributed by atoms with van der Waals surface area (Å²) in [5.74, 6) is 0.499. The van der Waals surface area contributed by atoms with Crippen molar-refractivity contribution in [2.24, 2.45) is 0 Å². The lowest BCUT2D eigenvalue weighted by Crippen LogP contribution is -2.30. The number of hydrogen-bond donors (Lipinski definition) is 4. The molecule has 0 saturated carbocycles. The van der Waals surface area contributed by atoms with Gasteiger partial charge in [-0.05, 0) is 82.0 Å². The predicted octanol–water partition coefficient (Wildman–Crippen LogP) is 4.65. The molecule has 9 heteroatoms. The molecule has 5 aromatic rings. The summed E-state index contributed by atoms with van der Waals surface area (Å²) in [6, 6.07) is 18.7. The van der Waals surface area contributed by atoms with E-state index >= 15 is 0 Å². The van der Waals surface area contributed by atoms with E-state index in [0.717, 1.165) is 57.7 Å². The molecule has 0 amide bonds. The molecule has 4 heterocycles. The molecule has 1 aliphatic rings. The Morgan fingerprint density at radius 3 is 2.62 bits per heavy atom. The zero-order chi connectivity index (χ0) is 27.5. The molecule has 1 atom stereocenters. The molecule has 0 bridgehead atoms. The van der Waals surface area contributed by atoms with Crippen molar-refractivity contribution in [3.8, 4) is 11.3 Å². The van der Waals surface area contributed by atoms with Gasteiger partial charge in [0.25, 0.3) is 0 Å². The maximum atomic E-state index is 10.6. The lowest BCUT2D eigenvalue weighted by molar-refractivity contribution is 0.128. The zero-order valence-corrected chi connectivity index (χ0v) is 23.1. The van der Waals surface area contributed by atoms with Gasteiger partial charge >= 0.3 is 0 Å². The van der Waals surface area contributed by atoms with E-state index < -0.39 is 6.23 Å². The highest BCUT2D eigenvalue weighted by Crippen LogP contribution is 2.31. The number of pyridine rings is 2. The quantitative estimate of drug-likeness (QED) is 0.191. The summed E-state index contributed by atoms with van der Waals surface area (Å²) in [5.41, 5.74) is 7.62. The third kappa shape index (κ3) is 5.97. The van der Waals surface area contributed by atoms with Crippen LogP contribution in [0.25, 0.3) is 33.2 Å². The van der Waals surface area contributed by atoms with Crippen LogP contribution in [0.2, 0.25) is 0 Å². The maximum absolute atomic E-state index is 10.6. The second-order valence-electron chi connectivity index (χ2n) is 10.8. The Hall–Kier alpha value is -3.89. The molecule has 1 unspecified atom stereocenters. The molecule has 6 rings (SSSR count). The van der Waals surface area contributed by atoms with Crippen LogP contribution in [-0.2, 0) is 6.54 Å². The Balaban J connectivity index is 1.25. The molecule has 40 heavy (non-hydrogen) atoms. The number of nitrogens with zero attached hydrogens (tertiary/aromatic N) is 5. The molecule has 206 valence electrons. The summed E-state index contributed by atoms with van der Waals surface area (Å²) in [6.07, 6.45) is 5.36. The highest BCUT2D eigenvalue weighted by molar-refractivity contribution is 5.95. The molecular weight excluding hydrogens is 500 g/mol. The second kappa shape index (κ2) is 11.7. The number of nitrogens with one attached hydrogen (secondary N) is 3. The summed E-state index contributed by atoms with van der Waals surface area (Å²) in [5, 5.41) is 18.2. The summed E-state index contributed by atoms with van der Waals surface area (Å²) in [4.78, 5) is 21.7. The van der Waals surface area contributed by atoms with E-state index in [4.69, 9.17) is 4.98 Å². The fourth-order valence-electron chi connectivity index (χ4n) is 5.21. The van der Waals surface area contributed by atoms with Gasteiger partial charge < -0.3 is 20.3 Å². The van der Waals surface area contributed by atoms with Crippen LogP contribution in [-0.4, -0.2) is 75.1 Å². The number of anilines is 2. The van der Waals surface area contributed by atoms with E-state index in [-0.39, 0.29) is 0 Å². The number of aromatic nitrogens is 4. The van der Waals surface area contributed by atoms with Crippen LogP contribution in [0.15, 0.2) is 67.0 Å². The van der Waals surface area contributed by atoms with Crippen LogP contribution in [0.4, 0.5) is 11.4 Å². The fraction of sp³-hybridized carbons (Fsp3) is 0.323. The van der Waals surface area contributed by atoms with Crippen LogP contribution in [0, 0.1) is 0 Å². The SMILES string of the molecule is CN(C)CCNC(O)c1nc2ccc(-c3cc(Nc4ccc(CN5CCCC5)cc4)c4cnccc4n3)cc2[nH]1. The number of likely N-dealkylation sites (tertiary alicyclic amines) is 1. The Bertz CT molecular complexity index is 1590. The topological polar surface area (TPSA) is 105 Å². The third-order valence-corrected chi connectivity index (χ3v) is 7.40. The maximum Gasteiger partial charge on any atom is 0.163 e. The fourth-order valence-corrected chi connectivity index (χ4v) is 5.21. The van der Waals surface area contributed by atoms with Gasteiger partial charge in [0.2, 0.25) is 0 Å². The first-order valence-electron chi connectivity index (χ1n) is 13.9. The van der Waals surface area contributed by atoms with Crippen molar-refractivity contribution in [3.05, 3.63) is 78.4 Å².